The number of nitrogens with zero attached hydrogens (tertiary/aromatic N) is 2. The Bertz CT molecular complexity index is 644. The molecule has 0 fully saturated rings. The standard InChI is InChI=1S/C15H18ClF2N3/c1-4-11(19)5-10-6-12(17)15(13(18)7-10)21-9(3)14(16)8(2)20-21/h6-7,11H,4-5,19H2,1-3H3. The van der Waals surface area contributed by atoms with E-state index in [0.717, 1.165) is 6.42 Å². The minimum atomic E-state index is -0.671. The lowest BCUT2D eigenvalue weighted by atomic mass is 10.0. The van der Waals surface area contributed by atoms with Crippen LogP contribution in [0.4, 0.5) is 8.78 Å². The van der Waals surface area contributed by atoms with Crippen LogP contribution in [0, 0.1) is 25.5 Å². The van der Waals surface area contributed by atoms with E-state index in [4.69, 9.17) is 17.3 Å². The van der Waals surface area contributed by atoms with Crippen LogP contribution >= 0.6 is 11.6 Å². The summed E-state index contributed by atoms with van der Waals surface area (Å²) >= 11 is 6.03. The average Bonchev–Trinajstić information content (AvgIpc) is 2.66. The molecule has 0 saturated carbocycles. The van der Waals surface area contributed by atoms with E-state index in [1.165, 1.54) is 16.8 Å². The van der Waals surface area contributed by atoms with E-state index in [1.54, 1.807) is 13.8 Å². The first-order valence-electron chi connectivity index (χ1n) is 6.80. The van der Waals surface area contributed by atoms with Crippen molar-refractivity contribution in [1.29, 1.82) is 0 Å². The van der Waals surface area contributed by atoms with Crippen LogP contribution in [0.25, 0.3) is 5.69 Å². The fourth-order valence-electron chi connectivity index (χ4n) is 2.23. The molecule has 1 aromatic carbocycles. The molecule has 0 bridgehead atoms. The van der Waals surface area contributed by atoms with Crippen LogP contribution in [0.5, 0.6) is 0 Å². The molecule has 1 aromatic heterocycles. The Morgan fingerprint density at radius 1 is 1.29 bits per heavy atom. The monoisotopic (exact) mass is 313 g/mol. The van der Waals surface area contributed by atoms with Crippen LogP contribution < -0.4 is 5.73 Å². The third kappa shape index (κ3) is 3.09. The minimum Gasteiger partial charge on any atom is -0.327 e. The van der Waals surface area contributed by atoms with Gasteiger partial charge in [0.2, 0.25) is 0 Å². The maximum Gasteiger partial charge on any atom is 0.152 e. The fraction of sp³-hybridized carbons (Fsp3) is 0.400. The summed E-state index contributed by atoms with van der Waals surface area (Å²) in [6.07, 6.45) is 1.18. The van der Waals surface area contributed by atoms with Crippen LogP contribution in [0.1, 0.15) is 30.3 Å². The predicted molar refractivity (Wildman–Crippen MR) is 79.9 cm³/mol. The molecule has 114 valence electrons. The van der Waals surface area contributed by atoms with E-state index >= 15 is 0 Å². The normalized spacial score (nSPS) is 12.7. The molecule has 0 aliphatic heterocycles. The highest BCUT2D eigenvalue weighted by Gasteiger charge is 2.19. The van der Waals surface area contributed by atoms with Crippen molar-refractivity contribution in [3.8, 4) is 5.69 Å². The summed E-state index contributed by atoms with van der Waals surface area (Å²) in [6.45, 7) is 5.29. The first kappa shape index (κ1) is 15.9. The number of halogens is 3. The molecule has 2 N–H and O–H groups in total. The summed E-state index contributed by atoms with van der Waals surface area (Å²) in [5.74, 6) is -1.34. The van der Waals surface area contributed by atoms with Gasteiger partial charge in [-0.05, 0) is 44.4 Å². The zero-order valence-corrected chi connectivity index (χ0v) is 13.0. The molecule has 2 rings (SSSR count). The highest BCUT2D eigenvalue weighted by Crippen LogP contribution is 2.26. The smallest absolute Gasteiger partial charge is 0.152 e. The van der Waals surface area contributed by atoms with Gasteiger partial charge in [-0.2, -0.15) is 5.10 Å². The summed E-state index contributed by atoms with van der Waals surface area (Å²) in [6, 6.07) is 2.49. The highest BCUT2D eigenvalue weighted by atomic mass is 35.5. The van der Waals surface area contributed by atoms with Gasteiger partial charge in [-0.15, -0.1) is 0 Å². The molecular formula is C15H18ClF2N3. The maximum absolute atomic E-state index is 14.3. The fourth-order valence-corrected chi connectivity index (χ4v) is 2.34. The number of aryl methyl sites for hydroxylation is 1. The van der Waals surface area contributed by atoms with Crippen molar-refractivity contribution in [2.75, 3.05) is 0 Å². The molecule has 1 heterocycles. The molecule has 0 radical (unpaired) electrons. The van der Waals surface area contributed by atoms with Gasteiger partial charge >= 0.3 is 0 Å². The topological polar surface area (TPSA) is 43.8 Å². The molecule has 1 atom stereocenters. The lowest BCUT2D eigenvalue weighted by Crippen LogP contribution is -2.21. The molecule has 1 unspecified atom stereocenters. The second-order valence-corrected chi connectivity index (χ2v) is 5.56. The summed E-state index contributed by atoms with van der Waals surface area (Å²) in [5.41, 5.74) is 7.18. The van der Waals surface area contributed by atoms with Gasteiger partial charge in [-0.25, -0.2) is 13.5 Å². The van der Waals surface area contributed by atoms with E-state index in [2.05, 4.69) is 5.10 Å². The zero-order valence-electron chi connectivity index (χ0n) is 12.3. The van der Waals surface area contributed by atoms with E-state index in [-0.39, 0.29) is 11.7 Å². The van der Waals surface area contributed by atoms with Gasteiger partial charge in [0.15, 0.2) is 11.6 Å². The number of hydrogen-bond donors (Lipinski definition) is 1. The summed E-state index contributed by atoms with van der Waals surface area (Å²) in [7, 11) is 0. The van der Waals surface area contributed by atoms with Crippen LogP contribution in [0.15, 0.2) is 12.1 Å². The number of nitrogens with two attached hydrogens (primary N) is 1. The van der Waals surface area contributed by atoms with Crippen LogP contribution in [0.3, 0.4) is 0 Å². The number of benzene rings is 1. The molecule has 0 amide bonds. The van der Waals surface area contributed by atoms with Crippen molar-refractivity contribution in [2.45, 2.75) is 39.7 Å². The molecule has 0 saturated heterocycles. The van der Waals surface area contributed by atoms with Gasteiger partial charge in [0, 0.05) is 6.04 Å². The highest BCUT2D eigenvalue weighted by molar-refractivity contribution is 6.31. The SMILES string of the molecule is CCC(N)Cc1cc(F)c(-n2nc(C)c(Cl)c2C)c(F)c1. The molecule has 21 heavy (non-hydrogen) atoms. The summed E-state index contributed by atoms with van der Waals surface area (Å²) in [4.78, 5) is 0. The van der Waals surface area contributed by atoms with Gasteiger partial charge < -0.3 is 5.73 Å². The minimum absolute atomic E-state index is 0.113. The Morgan fingerprint density at radius 2 is 1.86 bits per heavy atom. The van der Waals surface area contributed by atoms with Gasteiger partial charge in [0.1, 0.15) is 5.69 Å². The second-order valence-electron chi connectivity index (χ2n) is 5.18. The lowest BCUT2D eigenvalue weighted by Gasteiger charge is -2.12. The third-order valence-corrected chi connectivity index (χ3v) is 4.06. The predicted octanol–water partition coefficient (Wildman–Crippen LogP) is 3.70. The summed E-state index contributed by atoms with van der Waals surface area (Å²) in [5, 5.41) is 4.50. The van der Waals surface area contributed by atoms with Crippen molar-refractivity contribution in [1.82, 2.24) is 9.78 Å². The average molecular weight is 314 g/mol. The summed E-state index contributed by atoms with van der Waals surface area (Å²) < 4.78 is 29.8. The van der Waals surface area contributed by atoms with Crippen molar-refractivity contribution in [2.24, 2.45) is 5.73 Å². The number of aromatic nitrogens is 2. The molecule has 0 spiro atoms. The van der Waals surface area contributed by atoms with Gasteiger partial charge in [0.05, 0.1) is 16.4 Å². The van der Waals surface area contributed by atoms with Gasteiger partial charge in [-0.1, -0.05) is 18.5 Å². The number of hydrogen-bond acceptors (Lipinski definition) is 2. The lowest BCUT2D eigenvalue weighted by molar-refractivity contribution is 0.549. The van der Waals surface area contributed by atoms with Crippen LogP contribution in [-0.2, 0) is 6.42 Å². The Kier molecular flexibility index (Phi) is 4.64. The van der Waals surface area contributed by atoms with E-state index in [1.807, 2.05) is 6.92 Å². The Labute approximate surface area is 127 Å². The van der Waals surface area contributed by atoms with E-state index < -0.39 is 11.6 Å². The third-order valence-electron chi connectivity index (χ3n) is 3.51. The molecule has 2 aromatic rings. The van der Waals surface area contributed by atoms with E-state index in [9.17, 15) is 8.78 Å². The Balaban J connectivity index is 2.48. The van der Waals surface area contributed by atoms with Crippen LogP contribution in [0.2, 0.25) is 5.02 Å². The van der Waals surface area contributed by atoms with Crippen molar-refractivity contribution in [3.05, 3.63) is 45.7 Å². The zero-order chi connectivity index (χ0) is 15.7. The molecule has 0 aliphatic carbocycles. The maximum atomic E-state index is 14.3. The van der Waals surface area contributed by atoms with Crippen molar-refractivity contribution >= 4 is 11.6 Å². The Hall–Kier alpha value is -1.46. The second kappa shape index (κ2) is 6.12. The van der Waals surface area contributed by atoms with Crippen LogP contribution in [-0.4, -0.2) is 15.8 Å². The largest absolute Gasteiger partial charge is 0.327 e. The first-order chi connectivity index (χ1) is 9.85. The van der Waals surface area contributed by atoms with Gasteiger partial charge in [0.25, 0.3) is 0 Å². The number of rotatable bonds is 4. The van der Waals surface area contributed by atoms with E-state index in [0.29, 0.717) is 28.4 Å². The quantitative estimate of drug-likeness (QED) is 0.935. The van der Waals surface area contributed by atoms with Crippen molar-refractivity contribution < 1.29 is 8.78 Å². The Morgan fingerprint density at radius 3 is 2.29 bits per heavy atom. The molecule has 3 nitrogen and oxygen atoms in total. The molecular weight excluding hydrogens is 296 g/mol. The first-order valence-corrected chi connectivity index (χ1v) is 7.18. The molecule has 6 heteroatoms. The van der Waals surface area contributed by atoms with Gasteiger partial charge in [-0.3, -0.25) is 0 Å². The van der Waals surface area contributed by atoms with Crippen molar-refractivity contribution in [3.63, 3.8) is 0 Å². The molecule has 0 aliphatic rings.